The summed E-state index contributed by atoms with van der Waals surface area (Å²) in [5.41, 5.74) is 0. The lowest BCUT2D eigenvalue weighted by molar-refractivity contribution is 0.195. The number of piperidine rings is 1. The fraction of sp³-hybridized carbons (Fsp3) is 0.700. The summed E-state index contributed by atoms with van der Waals surface area (Å²) in [6.07, 6.45) is 4.49. The molecule has 0 radical (unpaired) electrons. The third kappa shape index (κ3) is 2.53. The fourth-order valence-corrected chi connectivity index (χ4v) is 2.56. The molecule has 78 valence electrons. The van der Waals surface area contributed by atoms with Crippen molar-refractivity contribution in [2.24, 2.45) is 0 Å². The van der Waals surface area contributed by atoms with Gasteiger partial charge < -0.3 is 5.32 Å². The molecule has 3 nitrogen and oxygen atoms in total. The lowest BCUT2D eigenvalue weighted by Crippen LogP contribution is -2.43. The van der Waals surface area contributed by atoms with Gasteiger partial charge in [-0.25, -0.2) is 4.98 Å². The van der Waals surface area contributed by atoms with E-state index in [-0.39, 0.29) is 0 Å². The molecule has 1 aromatic rings. The molecule has 0 spiro atoms. The molecule has 1 atom stereocenters. The zero-order valence-corrected chi connectivity index (χ0v) is 9.39. The Hall–Kier alpha value is -0.450. The number of hydrogen-bond acceptors (Lipinski definition) is 4. The van der Waals surface area contributed by atoms with Crippen LogP contribution < -0.4 is 5.32 Å². The van der Waals surface area contributed by atoms with Crippen LogP contribution in [0.3, 0.4) is 0 Å². The van der Waals surface area contributed by atoms with Crippen molar-refractivity contribution in [1.29, 1.82) is 0 Å². The van der Waals surface area contributed by atoms with Crippen molar-refractivity contribution in [3.63, 3.8) is 0 Å². The maximum Gasteiger partial charge on any atom is 0.107 e. The van der Waals surface area contributed by atoms with E-state index in [4.69, 9.17) is 0 Å². The number of aromatic nitrogens is 1. The normalized spacial score (nSPS) is 22.9. The molecule has 1 N–H and O–H groups in total. The van der Waals surface area contributed by atoms with Gasteiger partial charge in [0.05, 0.1) is 6.54 Å². The minimum absolute atomic E-state index is 0.688. The zero-order chi connectivity index (χ0) is 9.80. The van der Waals surface area contributed by atoms with Crippen LogP contribution in [-0.4, -0.2) is 36.1 Å². The van der Waals surface area contributed by atoms with Gasteiger partial charge in [-0.1, -0.05) is 0 Å². The molecule has 0 aromatic carbocycles. The molecule has 1 aliphatic rings. The Kier molecular flexibility index (Phi) is 3.50. The molecule has 0 aliphatic carbocycles. The van der Waals surface area contributed by atoms with Crippen molar-refractivity contribution in [1.82, 2.24) is 15.2 Å². The van der Waals surface area contributed by atoms with E-state index in [2.05, 4.69) is 22.2 Å². The first-order chi connectivity index (χ1) is 6.86. The number of hydrogen-bond donors (Lipinski definition) is 1. The van der Waals surface area contributed by atoms with Gasteiger partial charge in [0, 0.05) is 24.2 Å². The predicted octanol–water partition coefficient (Wildman–Crippen LogP) is 1.33. The third-order valence-corrected chi connectivity index (χ3v) is 3.53. The summed E-state index contributed by atoms with van der Waals surface area (Å²) in [6, 6.07) is 0.688. The van der Waals surface area contributed by atoms with Crippen LogP contribution in [0, 0.1) is 0 Å². The van der Waals surface area contributed by atoms with Gasteiger partial charge in [-0.15, -0.1) is 11.3 Å². The van der Waals surface area contributed by atoms with Crippen molar-refractivity contribution in [3.8, 4) is 0 Å². The van der Waals surface area contributed by atoms with Crippen LogP contribution in [0.25, 0.3) is 0 Å². The highest BCUT2D eigenvalue weighted by Crippen LogP contribution is 2.13. The largest absolute Gasteiger partial charge is 0.315 e. The maximum atomic E-state index is 4.31. The Balaban J connectivity index is 1.85. The number of nitrogens with one attached hydrogen (secondary N) is 1. The average molecular weight is 211 g/mol. The SMILES string of the molecule is CN(Cc1nccs1)C1CCCNC1. The minimum Gasteiger partial charge on any atom is -0.315 e. The Morgan fingerprint density at radius 2 is 2.64 bits per heavy atom. The van der Waals surface area contributed by atoms with Crippen molar-refractivity contribution >= 4 is 11.3 Å². The molecular formula is C10H17N3S. The highest BCUT2D eigenvalue weighted by Gasteiger charge is 2.17. The highest BCUT2D eigenvalue weighted by molar-refractivity contribution is 7.09. The van der Waals surface area contributed by atoms with Gasteiger partial charge >= 0.3 is 0 Å². The van der Waals surface area contributed by atoms with Crippen molar-refractivity contribution < 1.29 is 0 Å². The molecule has 14 heavy (non-hydrogen) atoms. The Bertz CT molecular complexity index is 254. The van der Waals surface area contributed by atoms with E-state index in [1.54, 1.807) is 11.3 Å². The smallest absolute Gasteiger partial charge is 0.107 e. The highest BCUT2D eigenvalue weighted by atomic mass is 32.1. The zero-order valence-electron chi connectivity index (χ0n) is 8.57. The molecule has 0 bridgehead atoms. The van der Waals surface area contributed by atoms with Crippen LogP contribution in [0.2, 0.25) is 0 Å². The summed E-state index contributed by atoms with van der Waals surface area (Å²) in [5.74, 6) is 0. The monoisotopic (exact) mass is 211 g/mol. The first kappa shape index (κ1) is 10.1. The molecule has 1 unspecified atom stereocenters. The molecule has 1 saturated heterocycles. The number of nitrogens with zero attached hydrogens (tertiary/aromatic N) is 2. The van der Waals surface area contributed by atoms with Crippen LogP contribution in [-0.2, 0) is 6.54 Å². The molecule has 2 heterocycles. The van der Waals surface area contributed by atoms with Crippen molar-refractivity contribution in [2.45, 2.75) is 25.4 Å². The van der Waals surface area contributed by atoms with Crippen LogP contribution in [0.5, 0.6) is 0 Å². The fourth-order valence-electron chi connectivity index (χ4n) is 1.88. The van der Waals surface area contributed by atoms with Gasteiger partial charge in [0.2, 0.25) is 0 Å². The topological polar surface area (TPSA) is 28.2 Å². The van der Waals surface area contributed by atoms with Gasteiger partial charge in [0.1, 0.15) is 5.01 Å². The molecule has 0 saturated carbocycles. The van der Waals surface area contributed by atoms with Gasteiger partial charge in [-0.05, 0) is 26.4 Å². The molecule has 0 amide bonds. The van der Waals surface area contributed by atoms with E-state index >= 15 is 0 Å². The standard InChI is InChI=1S/C10H17N3S/c1-13(8-10-12-5-6-14-10)9-3-2-4-11-7-9/h5-6,9,11H,2-4,7-8H2,1H3. The summed E-state index contributed by atoms with van der Waals surface area (Å²) in [5, 5.41) is 6.70. The number of likely N-dealkylation sites (N-methyl/N-ethyl adjacent to an activating group) is 1. The van der Waals surface area contributed by atoms with Crippen molar-refractivity contribution in [3.05, 3.63) is 16.6 Å². The third-order valence-electron chi connectivity index (χ3n) is 2.76. The average Bonchev–Trinajstić information content (AvgIpc) is 2.72. The summed E-state index contributed by atoms with van der Waals surface area (Å²) in [7, 11) is 2.19. The van der Waals surface area contributed by atoms with Crippen LogP contribution in [0.1, 0.15) is 17.8 Å². The summed E-state index contributed by atoms with van der Waals surface area (Å²) >= 11 is 1.74. The number of rotatable bonds is 3. The summed E-state index contributed by atoms with van der Waals surface area (Å²) in [6.45, 7) is 3.30. The second kappa shape index (κ2) is 4.87. The molecule has 1 aromatic heterocycles. The molecule has 1 aliphatic heterocycles. The van der Waals surface area contributed by atoms with Gasteiger partial charge in [0.25, 0.3) is 0 Å². The van der Waals surface area contributed by atoms with Gasteiger partial charge in [0.15, 0.2) is 0 Å². The quantitative estimate of drug-likeness (QED) is 0.817. The van der Waals surface area contributed by atoms with Gasteiger partial charge in [-0.2, -0.15) is 0 Å². The molecule has 4 heteroatoms. The molecule has 1 fully saturated rings. The maximum absolute atomic E-state index is 4.31. The summed E-state index contributed by atoms with van der Waals surface area (Å²) < 4.78 is 0. The Labute approximate surface area is 89.1 Å². The van der Waals surface area contributed by atoms with Crippen LogP contribution in [0.15, 0.2) is 11.6 Å². The van der Waals surface area contributed by atoms with E-state index in [1.165, 1.54) is 24.4 Å². The van der Waals surface area contributed by atoms with Crippen molar-refractivity contribution in [2.75, 3.05) is 20.1 Å². The van der Waals surface area contributed by atoms with E-state index in [1.807, 2.05) is 11.6 Å². The van der Waals surface area contributed by atoms with Crippen LogP contribution >= 0.6 is 11.3 Å². The second-order valence-electron chi connectivity index (χ2n) is 3.84. The molecule has 2 rings (SSSR count). The predicted molar refractivity (Wildman–Crippen MR) is 59.5 cm³/mol. The molecular weight excluding hydrogens is 194 g/mol. The van der Waals surface area contributed by atoms with Gasteiger partial charge in [-0.3, -0.25) is 4.90 Å². The Morgan fingerprint density at radius 3 is 3.29 bits per heavy atom. The van der Waals surface area contributed by atoms with Crippen LogP contribution in [0.4, 0.5) is 0 Å². The number of thiazole rings is 1. The van der Waals surface area contributed by atoms with E-state index < -0.39 is 0 Å². The van der Waals surface area contributed by atoms with E-state index in [0.29, 0.717) is 6.04 Å². The second-order valence-corrected chi connectivity index (χ2v) is 4.82. The lowest BCUT2D eigenvalue weighted by Gasteiger charge is -2.30. The lowest BCUT2D eigenvalue weighted by atomic mass is 10.1. The first-order valence-corrected chi connectivity index (χ1v) is 6.03. The van der Waals surface area contributed by atoms with E-state index in [0.717, 1.165) is 13.1 Å². The summed E-state index contributed by atoms with van der Waals surface area (Å²) in [4.78, 5) is 6.72. The first-order valence-electron chi connectivity index (χ1n) is 5.15. The van der Waals surface area contributed by atoms with E-state index in [9.17, 15) is 0 Å². The Morgan fingerprint density at radius 1 is 1.71 bits per heavy atom. The minimum atomic E-state index is 0.688.